The van der Waals surface area contributed by atoms with Crippen LogP contribution in [-0.2, 0) is 4.79 Å². The molecule has 0 unspecified atom stereocenters. The van der Waals surface area contributed by atoms with Gasteiger partial charge in [0.2, 0.25) is 0 Å². The number of carbonyl (C=O) groups is 2. The van der Waals surface area contributed by atoms with Gasteiger partial charge in [-0.2, -0.15) is 0 Å². The lowest BCUT2D eigenvalue weighted by molar-refractivity contribution is -0.118. The van der Waals surface area contributed by atoms with E-state index in [1.54, 1.807) is 24.3 Å². The van der Waals surface area contributed by atoms with E-state index in [0.717, 1.165) is 21.8 Å². The van der Waals surface area contributed by atoms with Crippen molar-refractivity contribution >= 4 is 28.9 Å². The highest BCUT2D eigenvalue weighted by atomic mass is 32.1. The number of thiazole rings is 1. The summed E-state index contributed by atoms with van der Waals surface area (Å²) in [6, 6.07) is 12.2. The van der Waals surface area contributed by atoms with E-state index in [2.05, 4.69) is 10.3 Å². The molecule has 2 aromatic carbocycles. The predicted octanol–water partition coefficient (Wildman–Crippen LogP) is 3.51. The lowest BCUT2D eigenvalue weighted by Crippen LogP contribution is -2.25. The number of aromatic carboxylic acids is 1. The Bertz CT molecular complexity index is 996. The van der Waals surface area contributed by atoms with Crippen molar-refractivity contribution < 1.29 is 19.4 Å². The second-order valence-corrected chi connectivity index (χ2v) is 6.33. The zero-order chi connectivity index (χ0) is 17.4. The van der Waals surface area contributed by atoms with Gasteiger partial charge < -0.3 is 15.2 Å². The molecule has 0 saturated carbocycles. The van der Waals surface area contributed by atoms with Crippen LogP contribution in [0.4, 0.5) is 5.69 Å². The second kappa shape index (κ2) is 6.03. The van der Waals surface area contributed by atoms with Crippen LogP contribution in [0.15, 0.2) is 47.8 Å². The molecule has 0 radical (unpaired) electrons. The monoisotopic (exact) mass is 352 g/mol. The average molecular weight is 352 g/mol. The summed E-state index contributed by atoms with van der Waals surface area (Å²) in [5.74, 6) is -0.522. The van der Waals surface area contributed by atoms with Crippen LogP contribution in [0.5, 0.6) is 5.75 Å². The molecule has 1 amide bonds. The highest BCUT2D eigenvalue weighted by molar-refractivity contribution is 7.13. The number of benzene rings is 2. The van der Waals surface area contributed by atoms with Gasteiger partial charge in [0.05, 0.1) is 16.9 Å². The number of nitrogens with zero attached hydrogens (tertiary/aromatic N) is 1. The summed E-state index contributed by atoms with van der Waals surface area (Å²) in [6.07, 6.45) is 0. The molecule has 0 aliphatic carbocycles. The Morgan fingerprint density at radius 1 is 1.20 bits per heavy atom. The Balaban J connectivity index is 1.68. The number of ether oxygens (including phenoxy) is 1. The molecule has 0 atom stereocenters. The van der Waals surface area contributed by atoms with Gasteiger partial charge in [0.25, 0.3) is 5.91 Å². The largest absolute Gasteiger partial charge is 0.482 e. The highest BCUT2D eigenvalue weighted by Crippen LogP contribution is 2.34. The average Bonchev–Trinajstić information content (AvgIpc) is 3.11. The number of hydrogen-bond acceptors (Lipinski definition) is 5. The van der Waals surface area contributed by atoms with E-state index in [4.69, 9.17) is 9.84 Å². The topological polar surface area (TPSA) is 88.5 Å². The quantitative estimate of drug-likeness (QED) is 0.753. The first-order valence-electron chi connectivity index (χ1n) is 7.46. The van der Waals surface area contributed by atoms with Gasteiger partial charge in [0.1, 0.15) is 10.8 Å². The van der Waals surface area contributed by atoms with Crippen molar-refractivity contribution in [1.82, 2.24) is 4.98 Å². The number of amides is 1. The minimum atomic E-state index is -0.968. The van der Waals surface area contributed by atoms with Gasteiger partial charge in [-0.3, -0.25) is 4.79 Å². The fourth-order valence-corrected chi connectivity index (χ4v) is 3.39. The van der Waals surface area contributed by atoms with Crippen molar-refractivity contribution in [2.45, 2.75) is 0 Å². The van der Waals surface area contributed by atoms with Gasteiger partial charge in [-0.05, 0) is 30.3 Å². The normalized spacial score (nSPS) is 12.9. The Kier molecular flexibility index (Phi) is 3.70. The fourth-order valence-electron chi connectivity index (χ4n) is 2.57. The third-order valence-corrected chi connectivity index (χ3v) is 4.66. The molecule has 2 N–H and O–H groups in total. The predicted molar refractivity (Wildman–Crippen MR) is 94.1 cm³/mol. The maximum absolute atomic E-state index is 11.5. The van der Waals surface area contributed by atoms with Gasteiger partial charge in [-0.1, -0.05) is 12.1 Å². The number of anilines is 1. The summed E-state index contributed by atoms with van der Waals surface area (Å²) in [5, 5.41) is 14.5. The summed E-state index contributed by atoms with van der Waals surface area (Å²) < 4.78 is 5.35. The van der Waals surface area contributed by atoms with Crippen LogP contribution in [0.1, 0.15) is 10.4 Å². The first-order valence-corrected chi connectivity index (χ1v) is 8.34. The molecular formula is C18H12N2O4S. The van der Waals surface area contributed by atoms with Crippen LogP contribution in [0.3, 0.4) is 0 Å². The van der Waals surface area contributed by atoms with Crippen molar-refractivity contribution in [1.29, 1.82) is 0 Å². The lowest BCUT2D eigenvalue weighted by atomic mass is 10.1. The zero-order valence-electron chi connectivity index (χ0n) is 12.9. The van der Waals surface area contributed by atoms with Crippen molar-refractivity contribution in [2.24, 2.45) is 0 Å². The molecule has 1 aliphatic heterocycles. The molecule has 1 aromatic heterocycles. The molecule has 124 valence electrons. The van der Waals surface area contributed by atoms with E-state index in [9.17, 15) is 9.59 Å². The molecule has 0 spiro atoms. The van der Waals surface area contributed by atoms with E-state index >= 15 is 0 Å². The number of nitrogens with one attached hydrogen (secondary N) is 1. The second-order valence-electron chi connectivity index (χ2n) is 5.47. The van der Waals surface area contributed by atoms with Gasteiger partial charge in [-0.15, -0.1) is 11.3 Å². The Labute approximate surface area is 146 Å². The number of fused-ring (bicyclic) bond motifs is 1. The van der Waals surface area contributed by atoms with Crippen LogP contribution >= 0.6 is 11.3 Å². The SMILES string of the molecule is O=C1COc2ccc(-c3csc(-c4cccc(C(=O)O)c4)n3)cc2N1. The van der Waals surface area contributed by atoms with Crippen LogP contribution < -0.4 is 10.1 Å². The van der Waals surface area contributed by atoms with E-state index in [1.165, 1.54) is 11.3 Å². The molecular weight excluding hydrogens is 340 g/mol. The van der Waals surface area contributed by atoms with Crippen molar-refractivity contribution in [3.05, 3.63) is 53.4 Å². The zero-order valence-corrected chi connectivity index (χ0v) is 13.7. The number of aromatic nitrogens is 1. The van der Waals surface area contributed by atoms with Gasteiger partial charge in [0, 0.05) is 16.5 Å². The molecule has 6 nitrogen and oxygen atoms in total. The van der Waals surface area contributed by atoms with Crippen molar-refractivity contribution in [3.8, 4) is 27.6 Å². The minimum Gasteiger partial charge on any atom is -0.482 e. The van der Waals surface area contributed by atoms with Gasteiger partial charge in [-0.25, -0.2) is 9.78 Å². The molecule has 2 heterocycles. The molecule has 0 saturated heterocycles. The molecule has 1 aliphatic rings. The highest BCUT2D eigenvalue weighted by Gasteiger charge is 2.17. The van der Waals surface area contributed by atoms with Crippen LogP contribution in [0.25, 0.3) is 21.8 Å². The summed E-state index contributed by atoms with van der Waals surface area (Å²) in [6.45, 7) is 0.0209. The summed E-state index contributed by atoms with van der Waals surface area (Å²) in [5.41, 5.74) is 3.20. The standard InChI is InChI=1S/C18H12N2O4S/c21-16-8-24-15-5-4-10(7-13(15)19-16)14-9-25-17(20-14)11-2-1-3-12(6-11)18(22)23/h1-7,9H,8H2,(H,19,21)(H,22,23). The summed E-state index contributed by atoms with van der Waals surface area (Å²) >= 11 is 1.43. The summed E-state index contributed by atoms with van der Waals surface area (Å²) in [4.78, 5) is 27.2. The number of rotatable bonds is 3. The van der Waals surface area contributed by atoms with Gasteiger partial charge in [0.15, 0.2) is 6.61 Å². The first kappa shape index (κ1) is 15.3. The van der Waals surface area contributed by atoms with Gasteiger partial charge >= 0.3 is 5.97 Å². The molecule has 0 fully saturated rings. The van der Waals surface area contributed by atoms with Crippen LogP contribution in [0.2, 0.25) is 0 Å². The summed E-state index contributed by atoms with van der Waals surface area (Å²) in [7, 11) is 0. The molecule has 25 heavy (non-hydrogen) atoms. The Hall–Kier alpha value is -3.19. The maximum Gasteiger partial charge on any atom is 0.335 e. The molecule has 7 heteroatoms. The van der Waals surface area contributed by atoms with E-state index in [1.807, 2.05) is 23.6 Å². The Morgan fingerprint density at radius 3 is 2.92 bits per heavy atom. The smallest absolute Gasteiger partial charge is 0.335 e. The molecule has 4 rings (SSSR count). The molecule has 3 aromatic rings. The third kappa shape index (κ3) is 2.97. The van der Waals surface area contributed by atoms with Crippen LogP contribution in [0, 0.1) is 0 Å². The number of carboxylic acids is 1. The number of hydrogen-bond donors (Lipinski definition) is 2. The number of carbonyl (C=O) groups excluding carboxylic acids is 1. The minimum absolute atomic E-state index is 0.0209. The van der Waals surface area contributed by atoms with E-state index < -0.39 is 5.97 Å². The third-order valence-electron chi connectivity index (χ3n) is 3.77. The molecule has 0 bridgehead atoms. The lowest BCUT2D eigenvalue weighted by Gasteiger charge is -2.18. The number of carboxylic acid groups (broad SMARTS) is 1. The Morgan fingerprint density at radius 2 is 2.08 bits per heavy atom. The van der Waals surface area contributed by atoms with E-state index in [0.29, 0.717) is 11.4 Å². The van der Waals surface area contributed by atoms with E-state index in [-0.39, 0.29) is 18.1 Å². The first-order chi connectivity index (χ1) is 12.1. The maximum atomic E-state index is 11.5. The fraction of sp³-hybridized carbons (Fsp3) is 0.0556. The van der Waals surface area contributed by atoms with Crippen molar-refractivity contribution in [3.63, 3.8) is 0 Å². The van der Waals surface area contributed by atoms with Crippen LogP contribution in [-0.4, -0.2) is 28.6 Å². The van der Waals surface area contributed by atoms with Crippen molar-refractivity contribution in [2.75, 3.05) is 11.9 Å².